The zero-order valence-electron chi connectivity index (χ0n) is 10.8. The van der Waals surface area contributed by atoms with Crippen LogP contribution in [0, 0.1) is 6.92 Å². The molecule has 4 heteroatoms. The summed E-state index contributed by atoms with van der Waals surface area (Å²) >= 11 is 1.61. The Hall–Kier alpha value is -1.94. The van der Waals surface area contributed by atoms with E-state index < -0.39 is 0 Å². The third-order valence-corrected chi connectivity index (χ3v) is 3.71. The van der Waals surface area contributed by atoms with Gasteiger partial charge in [0, 0.05) is 11.3 Å². The first-order valence-electron chi connectivity index (χ1n) is 6.15. The average Bonchev–Trinajstić information content (AvgIpc) is 2.83. The molecule has 3 nitrogen and oxygen atoms in total. The molecule has 1 N–H and O–H groups in total. The molecule has 1 heterocycles. The van der Waals surface area contributed by atoms with Gasteiger partial charge >= 0.3 is 0 Å². The molecule has 1 aromatic heterocycles. The van der Waals surface area contributed by atoms with Crippen LogP contribution in [0.2, 0.25) is 0 Å². The largest absolute Gasteiger partial charge is 0.273 e. The van der Waals surface area contributed by atoms with Gasteiger partial charge < -0.3 is 0 Å². The number of hydrazone groups is 1. The predicted octanol–water partition coefficient (Wildman–Crippen LogP) is 3.14. The summed E-state index contributed by atoms with van der Waals surface area (Å²) in [5, 5.41) is 5.98. The maximum atomic E-state index is 11.6. The van der Waals surface area contributed by atoms with Gasteiger partial charge in [-0.25, -0.2) is 5.43 Å². The molecule has 2 rings (SSSR count). The maximum absolute atomic E-state index is 11.6. The van der Waals surface area contributed by atoms with Gasteiger partial charge in [-0.2, -0.15) is 5.10 Å². The van der Waals surface area contributed by atoms with Crippen LogP contribution in [0.5, 0.6) is 0 Å². The van der Waals surface area contributed by atoms with Gasteiger partial charge in [0.25, 0.3) is 0 Å². The van der Waals surface area contributed by atoms with Crippen molar-refractivity contribution in [3.05, 3.63) is 57.8 Å². The highest BCUT2D eigenvalue weighted by Gasteiger charge is 2.00. The molecular weight excluding hydrogens is 256 g/mol. The fourth-order valence-corrected chi connectivity index (χ4v) is 2.42. The summed E-state index contributed by atoms with van der Waals surface area (Å²) in [6.07, 6.45) is 2.88. The number of hydrogen-bond acceptors (Lipinski definition) is 3. The zero-order chi connectivity index (χ0) is 13.5. The normalized spacial score (nSPS) is 10.8. The minimum Gasteiger partial charge on any atom is -0.273 e. The molecule has 98 valence electrons. The van der Waals surface area contributed by atoms with Gasteiger partial charge in [-0.05, 0) is 35.9 Å². The van der Waals surface area contributed by atoms with E-state index in [9.17, 15) is 4.79 Å². The van der Waals surface area contributed by atoms with Crippen molar-refractivity contribution in [3.63, 3.8) is 0 Å². The number of thiophene rings is 1. The quantitative estimate of drug-likeness (QED) is 0.659. The first-order valence-corrected chi connectivity index (χ1v) is 7.03. The number of aryl methyl sites for hydroxylation is 2. The number of nitrogens with one attached hydrogen (secondary N) is 1. The summed E-state index contributed by atoms with van der Waals surface area (Å²) in [5.41, 5.74) is 4.89. The van der Waals surface area contributed by atoms with Gasteiger partial charge in [-0.1, -0.05) is 30.3 Å². The Labute approximate surface area is 117 Å². The number of carbonyl (C=O) groups excluding carboxylic acids is 1. The summed E-state index contributed by atoms with van der Waals surface area (Å²) in [6, 6.07) is 12.0. The van der Waals surface area contributed by atoms with Crippen molar-refractivity contribution in [1.82, 2.24) is 5.43 Å². The van der Waals surface area contributed by atoms with Gasteiger partial charge in [-0.3, -0.25) is 4.79 Å². The molecule has 0 fully saturated rings. The molecule has 1 amide bonds. The number of amides is 1. The zero-order valence-corrected chi connectivity index (χ0v) is 11.6. The number of hydrogen-bond donors (Lipinski definition) is 1. The van der Waals surface area contributed by atoms with E-state index in [1.54, 1.807) is 17.6 Å². The molecule has 0 bridgehead atoms. The van der Waals surface area contributed by atoms with Gasteiger partial charge in [0.15, 0.2) is 0 Å². The Morgan fingerprint density at radius 3 is 2.79 bits per heavy atom. The Morgan fingerprint density at radius 1 is 1.32 bits per heavy atom. The number of rotatable bonds is 5. The topological polar surface area (TPSA) is 41.5 Å². The summed E-state index contributed by atoms with van der Waals surface area (Å²) in [5.74, 6) is -0.0608. The Kier molecular flexibility index (Phi) is 4.86. The van der Waals surface area contributed by atoms with E-state index in [-0.39, 0.29) is 5.91 Å². The van der Waals surface area contributed by atoms with Crippen LogP contribution in [0.15, 0.2) is 46.9 Å². The third kappa shape index (κ3) is 4.34. The first-order chi connectivity index (χ1) is 9.25. The molecule has 0 radical (unpaired) electrons. The van der Waals surface area contributed by atoms with Crippen LogP contribution in [0.1, 0.15) is 22.4 Å². The van der Waals surface area contributed by atoms with Crippen LogP contribution < -0.4 is 5.43 Å². The van der Waals surface area contributed by atoms with Gasteiger partial charge in [0.1, 0.15) is 0 Å². The number of carbonyl (C=O) groups is 1. The summed E-state index contributed by atoms with van der Waals surface area (Å²) in [4.78, 5) is 12.7. The van der Waals surface area contributed by atoms with E-state index >= 15 is 0 Å². The fraction of sp³-hybridized carbons (Fsp3) is 0.200. The monoisotopic (exact) mass is 272 g/mol. The lowest BCUT2D eigenvalue weighted by Gasteiger charge is -2.00. The second-order valence-corrected chi connectivity index (χ2v) is 5.19. The van der Waals surface area contributed by atoms with Gasteiger partial charge in [0.2, 0.25) is 5.91 Å². The highest BCUT2D eigenvalue weighted by atomic mass is 32.1. The average molecular weight is 272 g/mol. The second-order valence-electron chi connectivity index (χ2n) is 4.25. The van der Waals surface area contributed by atoms with Crippen molar-refractivity contribution in [2.24, 2.45) is 5.10 Å². The van der Waals surface area contributed by atoms with E-state index in [4.69, 9.17) is 0 Å². The van der Waals surface area contributed by atoms with Crippen LogP contribution in [0.25, 0.3) is 0 Å². The summed E-state index contributed by atoms with van der Waals surface area (Å²) in [6.45, 7) is 2.02. The molecular formula is C15H16N2OS. The van der Waals surface area contributed by atoms with Crippen molar-refractivity contribution >= 4 is 23.5 Å². The smallest absolute Gasteiger partial charge is 0.240 e. The van der Waals surface area contributed by atoms with E-state index in [1.165, 1.54) is 5.56 Å². The molecule has 1 aromatic carbocycles. The summed E-state index contributed by atoms with van der Waals surface area (Å²) < 4.78 is 0. The SMILES string of the molecule is Cc1ccsc1/C=N/NC(=O)CCc1ccccc1. The highest BCUT2D eigenvalue weighted by molar-refractivity contribution is 7.11. The molecule has 0 saturated heterocycles. The standard InChI is InChI=1S/C15H16N2OS/c1-12-9-10-19-14(12)11-16-17-15(18)8-7-13-5-3-2-4-6-13/h2-6,9-11H,7-8H2,1H3,(H,17,18)/b16-11+. The van der Waals surface area contributed by atoms with Gasteiger partial charge in [0.05, 0.1) is 6.21 Å². The minimum absolute atomic E-state index is 0.0608. The van der Waals surface area contributed by atoms with E-state index in [1.807, 2.05) is 48.7 Å². The second kappa shape index (κ2) is 6.85. The Balaban J connectivity index is 1.76. The Morgan fingerprint density at radius 2 is 2.11 bits per heavy atom. The fourth-order valence-electron chi connectivity index (χ4n) is 1.64. The molecule has 19 heavy (non-hydrogen) atoms. The van der Waals surface area contributed by atoms with E-state index in [0.29, 0.717) is 6.42 Å². The molecule has 0 atom stereocenters. The lowest BCUT2D eigenvalue weighted by molar-refractivity contribution is -0.121. The van der Waals surface area contributed by atoms with Crippen molar-refractivity contribution in [2.45, 2.75) is 19.8 Å². The molecule has 0 unspecified atom stereocenters. The predicted molar refractivity (Wildman–Crippen MR) is 79.6 cm³/mol. The lowest BCUT2D eigenvalue weighted by Crippen LogP contribution is -2.17. The van der Waals surface area contributed by atoms with Crippen LogP contribution in [0.3, 0.4) is 0 Å². The van der Waals surface area contributed by atoms with Crippen LogP contribution in [-0.4, -0.2) is 12.1 Å². The molecule has 0 saturated carbocycles. The highest BCUT2D eigenvalue weighted by Crippen LogP contribution is 2.12. The maximum Gasteiger partial charge on any atom is 0.240 e. The molecule has 0 aliphatic heterocycles. The lowest BCUT2D eigenvalue weighted by atomic mass is 10.1. The number of nitrogens with zero attached hydrogens (tertiary/aromatic N) is 1. The van der Waals surface area contributed by atoms with Gasteiger partial charge in [-0.15, -0.1) is 11.3 Å². The molecule has 2 aromatic rings. The number of benzene rings is 1. The van der Waals surface area contributed by atoms with Crippen molar-refractivity contribution in [3.8, 4) is 0 Å². The third-order valence-electron chi connectivity index (χ3n) is 2.76. The minimum atomic E-state index is -0.0608. The van der Waals surface area contributed by atoms with Crippen LogP contribution >= 0.6 is 11.3 Å². The first kappa shape index (κ1) is 13.5. The molecule has 0 aliphatic carbocycles. The van der Waals surface area contributed by atoms with Crippen molar-refractivity contribution in [2.75, 3.05) is 0 Å². The van der Waals surface area contributed by atoms with E-state index in [2.05, 4.69) is 10.5 Å². The van der Waals surface area contributed by atoms with Crippen LogP contribution in [0.4, 0.5) is 0 Å². The van der Waals surface area contributed by atoms with Crippen LogP contribution in [-0.2, 0) is 11.2 Å². The summed E-state index contributed by atoms with van der Waals surface area (Å²) in [7, 11) is 0. The van der Waals surface area contributed by atoms with Crippen molar-refractivity contribution < 1.29 is 4.79 Å². The van der Waals surface area contributed by atoms with Crippen molar-refractivity contribution in [1.29, 1.82) is 0 Å². The molecule has 0 aliphatic rings. The molecule has 0 spiro atoms. The Bertz CT molecular complexity index is 561. The van der Waals surface area contributed by atoms with E-state index in [0.717, 1.165) is 16.9 Å².